The summed E-state index contributed by atoms with van der Waals surface area (Å²) in [5.41, 5.74) is 0. The van der Waals surface area contributed by atoms with Gasteiger partial charge in [0, 0.05) is 0 Å². The molecule has 0 aliphatic heterocycles. The zero-order valence-electron chi connectivity index (χ0n) is 10.7. The van der Waals surface area contributed by atoms with Gasteiger partial charge < -0.3 is 30.4 Å². The molecule has 0 unspecified atom stereocenters. The van der Waals surface area contributed by atoms with E-state index in [0.717, 1.165) is 23.3 Å². The SMILES string of the molecule is Cc1nnc(C)[n-]1.Cc1nnc(C)[n-]1.[K+].[Na+]. The minimum Gasteiger partial charge on any atom is -0.367 e. The van der Waals surface area contributed by atoms with Gasteiger partial charge in [0.1, 0.15) is 0 Å². The summed E-state index contributed by atoms with van der Waals surface area (Å²) in [4.78, 5) is 7.78. The summed E-state index contributed by atoms with van der Waals surface area (Å²) in [6.07, 6.45) is 0. The Balaban J connectivity index is 0. The van der Waals surface area contributed by atoms with Crippen LogP contribution in [0, 0.1) is 27.7 Å². The van der Waals surface area contributed by atoms with E-state index < -0.39 is 0 Å². The van der Waals surface area contributed by atoms with Crippen LogP contribution in [0.15, 0.2) is 0 Å². The van der Waals surface area contributed by atoms with Gasteiger partial charge in [-0.2, -0.15) is 0 Å². The van der Waals surface area contributed by atoms with E-state index in [9.17, 15) is 0 Å². The van der Waals surface area contributed by atoms with E-state index in [-0.39, 0.29) is 80.9 Å². The fraction of sp³-hybridized carbons (Fsp3) is 0.500. The van der Waals surface area contributed by atoms with Crippen molar-refractivity contribution < 1.29 is 80.9 Å². The van der Waals surface area contributed by atoms with Crippen LogP contribution in [-0.2, 0) is 0 Å². The molecule has 6 nitrogen and oxygen atoms in total. The van der Waals surface area contributed by atoms with Gasteiger partial charge in [0.25, 0.3) is 0 Å². The fourth-order valence-corrected chi connectivity index (χ4v) is 0.847. The number of aromatic nitrogens is 6. The molecule has 0 bridgehead atoms. The van der Waals surface area contributed by atoms with Gasteiger partial charge in [0.2, 0.25) is 0 Å². The van der Waals surface area contributed by atoms with Crippen molar-refractivity contribution in [3.05, 3.63) is 23.3 Å². The van der Waals surface area contributed by atoms with Gasteiger partial charge >= 0.3 is 80.9 Å². The Morgan fingerprint density at radius 1 is 0.625 bits per heavy atom. The number of rotatable bonds is 0. The van der Waals surface area contributed by atoms with Crippen molar-refractivity contribution in [3.63, 3.8) is 0 Å². The Morgan fingerprint density at radius 2 is 0.812 bits per heavy atom. The number of hydrogen-bond acceptors (Lipinski definition) is 4. The molecule has 0 spiro atoms. The van der Waals surface area contributed by atoms with Crippen LogP contribution in [0.3, 0.4) is 0 Å². The van der Waals surface area contributed by atoms with Crippen molar-refractivity contribution in [1.29, 1.82) is 0 Å². The predicted octanol–water partition coefficient (Wildman–Crippen LogP) is -5.89. The van der Waals surface area contributed by atoms with Gasteiger partial charge in [-0.25, -0.2) is 0 Å². The van der Waals surface area contributed by atoms with E-state index in [0.29, 0.717) is 0 Å². The standard InChI is InChI=1S/2C4H6N3.K.Na/c2*1-3-5-4(2)7-6-3;;/h2*1-2H3;;/q2*-1;2*+1. The summed E-state index contributed by atoms with van der Waals surface area (Å²) >= 11 is 0. The van der Waals surface area contributed by atoms with Crippen LogP contribution in [-0.4, -0.2) is 20.4 Å². The average Bonchev–Trinajstić information content (AvgIpc) is 2.63. The first-order valence-electron chi connectivity index (χ1n) is 4.19. The molecule has 0 aromatic carbocycles. The summed E-state index contributed by atoms with van der Waals surface area (Å²) in [5.74, 6) is 2.99. The molecule has 0 N–H and O–H groups in total. The Morgan fingerprint density at radius 3 is 0.875 bits per heavy atom. The third kappa shape index (κ3) is 8.07. The van der Waals surface area contributed by atoms with Crippen molar-refractivity contribution >= 4 is 0 Å². The third-order valence-electron chi connectivity index (χ3n) is 1.33. The van der Waals surface area contributed by atoms with Gasteiger partial charge in [0.05, 0.1) is 0 Å². The maximum Gasteiger partial charge on any atom is 1.00 e. The number of hydrogen-bond donors (Lipinski definition) is 0. The quantitative estimate of drug-likeness (QED) is 0.436. The maximum absolute atomic E-state index is 3.89. The number of nitrogens with zero attached hydrogens (tertiary/aromatic N) is 6. The zero-order chi connectivity index (χ0) is 10.6. The van der Waals surface area contributed by atoms with E-state index in [2.05, 4.69) is 30.4 Å². The minimum absolute atomic E-state index is 0. The first-order valence-corrected chi connectivity index (χ1v) is 4.19. The predicted molar refractivity (Wildman–Crippen MR) is 49.7 cm³/mol. The second-order valence-corrected chi connectivity index (χ2v) is 2.81. The van der Waals surface area contributed by atoms with Gasteiger partial charge in [0.15, 0.2) is 0 Å². The van der Waals surface area contributed by atoms with Gasteiger partial charge in [-0.05, 0) is 51.0 Å². The third-order valence-corrected chi connectivity index (χ3v) is 1.33. The molecular formula is C8H12KN6Na. The van der Waals surface area contributed by atoms with E-state index in [1.54, 1.807) is 0 Å². The van der Waals surface area contributed by atoms with Crippen molar-refractivity contribution in [2.24, 2.45) is 0 Å². The van der Waals surface area contributed by atoms with Crippen LogP contribution in [0.2, 0.25) is 0 Å². The first kappa shape index (κ1) is 19.3. The van der Waals surface area contributed by atoms with Gasteiger partial charge in [-0.3, -0.25) is 0 Å². The molecule has 8 heteroatoms. The average molecular weight is 254 g/mol. The van der Waals surface area contributed by atoms with E-state index >= 15 is 0 Å². The van der Waals surface area contributed by atoms with Crippen LogP contribution in [0.1, 0.15) is 23.3 Å². The van der Waals surface area contributed by atoms with Crippen molar-refractivity contribution in [2.45, 2.75) is 27.7 Å². The Kier molecular flexibility index (Phi) is 11.9. The molecule has 0 saturated heterocycles. The molecule has 0 aliphatic carbocycles. The summed E-state index contributed by atoms with van der Waals surface area (Å²) in [6, 6.07) is 0. The molecule has 0 saturated carbocycles. The van der Waals surface area contributed by atoms with Crippen LogP contribution in [0.4, 0.5) is 0 Å². The zero-order valence-corrected chi connectivity index (χ0v) is 15.8. The summed E-state index contributed by atoms with van der Waals surface area (Å²) < 4.78 is 0. The van der Waals surface area contributed by atoms with Crippen molar-refractivity contribution in [2.75, 3.05) is 0 Å². The Bertz CT molecular complexity index is 327. The Labute approximate surface area is 160 Å². The molecule has 16 heavy (non-hydrogen) atoms. The van der Waals surface area contributed by atoms with Crippen molar-refractivity contribution in [1.82, 2.24) is 30.4 Å². The van der Waals surface area contributed by atoms with E-state index in [1.165, 1.54) is 0 Å². The molecule has 2 rings (SSSR count). The maximum atomic E-state index is 3.89. The fourth-order valence-electron chi connectivity index (χ4n) is 0.847. The second-order valence-electron chi connectivity index (χ2n) is 2.81. The molecule has 2 aromatic rings. The molecule has 2 aromatic heterocycles. The molecule has 0 amide bonds. The minimum atomic E-state index is 0. The molecule has 0 fully saturated rings. The summed E-state index contributed by atoms with van der Waals surface area (Å²) in [7, 11) is 0. The van der Waals surface area contributed by atoms with Gasteiger partial charge in [-0.15, -0.1) is 0 Å². The monoisotopic (exact) mass is 254 g/mol. The van der Waals surface area contributed by atoms with Crippen LogP contribution < -0.4 is 90.9 Å². The molecule has 0 radical (unpaired) electrons. The molecule has 2 heterocycles. The first-order chi connectivity index (χ1) is 6.58. The number of aryl methyl sites for hydroxylation is 4. The van der Waals surface area contributed by atoms with Crippen molar-refractivity contribution in [3.8, 4) is 0 Å². The van der Waals surface area contributed by atoms with Gasteiger partial charge in [-0.1, -0.05) is 0 Å². The molecule has 76 valence electrons. The molecule has 0 aliphatic rings. The van der Waals surface area contributed by atoms with E-state index in [1.807, 2.05) is 27.7 Å². The largest absolute Gasteiger partial charge is 1.00 e. The van der Waals surface area contributed by atoms with Crippen LogP contribution >= 0.6 is 0 Å². The van der Waals surface area contributed by atoms with Crippen LogP contribution in [0.25, 0.3) is 0 Å². The summed E-state index contributed by atoms with van der Waals surface area (Å²) in [5, 5.41) is 14.6. The second kappa shape index (κ2) is 9.90. The van der Waals surface area contributed by atoms with Crippen LogP contribution in [0.5, 0.6) is 0 Å². The molecule has 0 atom stereocenters. The van der Waals surface area contributed by atoms with E-state index in [4.69, 9.17) is 0 Å². The normalized spacial score (nSPS) is 8.25. The smallest absolute Gasteiger partial charge is 0.367 e. The topological polar surface area (TPSA) is 79.8 Å². The molecular weight excluding hydrogens is 242 g/mol. The summed E-state index contributed by atoms with van der Waals surface area (Å²) in [6.45, 7) is 7.28. The Hall–Kier alpha value is 0.916.